The SMILES string of the molecule is Cc1cc(C)c(C(=O)OCC2(CO)C/C(=C\c3ccc([N+](=O)[O-])cc3)C(=O)O2)c(C)c1. The number of carbonyl (C=O) groups excluding carboxylic acids is 2. The molecule has 2 aromatic carbocycles. The summed E-state index contributed by atoms with van der Waals surface area (Å²) in [6.45, 7) is 4.76. The number of benzene rings is 2. The zero-order valence-corrected chi connectivity index (χ0v) is 17.5. The van der Waals surface area contributed by atoms with Crippen molar-refractivity contribution in [3.8, 4) is 0 Å². The highest BCUT2D eigenvalue weighted by molar-refractivity contribution is 5.96. The van der Waals surface area contributed by atoms with Gasteiger partial charge in [-0.3, -0.25) is 10.1 Å². The summed E-state index contributed by atoms with van der Waals surface area (Å²) < 4.78 is 10.8. The second-order valence-electron chi connectivity index (χ2n) is 7.78. The number of hydrogen-bond donors (Lipinski definition) is 1. The minimum Gasteiger partial charge on any atom is -0.458 e. The lowest BCUT2D eigenvalue weighted by Crippen LogP contribution is -2.39. The van der Waals surface area contributed by atoms with Gasteiger partial charge in [0, 0.05) is 24.1 Å². The van der Waals surface area contributed by atoms with Gasteiger partial charge in [-0.2, -0.15) is 0 Å². The first-order valence-corrected chi connectivity index (χ1v) is 9.68. The van der Waals surface area contributed by atoms with Gasteiger partial charge in [-0.05, 0) is 55.7 Å². The Morgan fingerprint density at radius 2 is 1.84 bits per heavy atom. The summed E-state index contributed by atoms with van der Waals surface area (Å²) in [7, 11) is 0. The van der Waals surface area contributed by atoms with Gasteiger partial charge in [-0.1, -0.05) is 17.7 Å². The van der Waals surface area contributed by atoms with Crippen LogP contribution in [0.3, 0.4) is 0 Å². The van der Waals surface area contributed by atoms with Crippen LogP contribution in [0, 0.1) is 30.9 Å². The van der Waals surface area contributed by atoms with Gasteiger partial charge in [-0.25, -0.2) is 9.59 Å². The molecule has 8 heteroatoms. The number of nitro benzene ring substituents is 1. The Bertz CT molecular complexity index is 1050. The van der Waals surface area contributed by atoms with Gasteiger partial charge < -0.3 is 14.6 Å². The van der Waals surface area contributed by atoms with Crippen LogP contribution in [-0.2, 0) is 14.3 Å². The molecule has 2 aromatic rings. The van der Waals surface area contributed by atoms with Crippen molar-refractivity contribution in [1.82, 2.24) is 0 Å². The van der Waals surface area contributed by atoms with Crippen LogP contribution in [0.25, 0.3) is 6.08 Å². The quantitative estimate of drug-likeness (QED) is 0.326. The number of nitro groups is 1. The molecule has 0 spiro atoms. The molecule has 0 aromatic heterocycles. The van der Waals surface area contributed by atoms with Crippen molar-refractivity contribution < 1.29 is 29.1 Å². The maximum absolute atomic E-state index is 12.6. The monoisotopic (exact) mass is 425 g/mol. The van der Waals surface area contributed by atoms with Crippen LogP contribution in [0.5, 0.6) is 0 Å². The lowest BCUT2D eigenvalue weighted by atomic mass is 9.97. The predicted octanol–water partition coefficient (Wildman–Crippen LogP) is 3.44. The lowest BCUT2D eigenvalue weighted by Gasteiger charge is -2.24. The van der Waals surface area contributed by atoms with E-state index >= 15 is 0 Å². The van der Waals surface area contributed by atoms with Crippen LogP contribution < -0.4 is 0 Å². The van der Waals surface area contributed by atoms with Gasteiger partial charge in [0.25, 0.3) is 5.69 Å². The molecule has 1 aliphatic heterocycles. The van der Waals surface area contributed by atoms with Crippen LogP contribution in [-0.4, -0.2) is 40.8 Å². The van der Waals surface area contributed by atoms with Crippen molar-refractivity contribution in [2.24, 2.45) is 0 Å². The molecule has 1 saturated heterocycles. The van der Waals surface area contributed by atoms with Crippen molar-refractivity contribution in [2.75, 3.05) is 13.2 Å². The minimum absolute atomic E-state index is 0.0401. The molecule has 0 saturated carbocycles. The molecular weight excluding hydrogens is 402 g/mol. The highest BCUT2D eigenvalue weighted by Gasteiger charge is 2.44. The smallest absolute Gasteiger partial charge is 0.338 e. The van der Waals surface area contributed by atoms with Crippen LogP contribution >= 0.6 is 0 Å². The highest BCUT2D eigenvalue weighted by Crippen LogP contribution is 2.33. The molecule has 0 aliphatic carbocycles. The summed E-state index contributed by atoms with van der Waals surface area (Å²) in [5.41, 5.74) is 2.47. The lowest BCUT2D eigenvalue weighted by molar-refractivity contribution is -0.384. The maximum Gasteiger partial charge on any atom is 0.338 e. The number of rotatable bonds is 6. The van der Waals surface area contributed by atoms with Crippen LogP contribution in [0.15, 0.2) is 42.0 Å². The second kappa shape index (κ2) is 8.69. The normalized spacial score (nSPS) is 19.4. The first-order valence-electron chi connectivity index (χ1n) is 9.68. The third-order valence-electron chi connectivity index (χ3n) is 5.16. The van der Waals surface area contributed by atoms with Crippen molar-refractivity contribution in [2.45, 2.75) is 32.8 Å². The van der Waals surface area contributed by atoms with Gasteiger partial charge >= 0.3 is 11.9 Å². The Labute approximate surface area is 179 Å². The first kappa shape index (κ1) is 22.2. The zero-order valence-electron chi connectivity index (χ0n) is 17.5. The first-order chi connectivity index (χ1) is 14.6. The molecule has 162 valence electrons. The fraction of sp³-hybridized carbons (Fsp3) is 0.304. The number of nitrogens with zero attached hydrogens (tertiary/aromatic N) is 1. The van der Waals surface area contributed by atoms with E-state index in [0.29, 0.717) is 11.1 Å². The predicted molar refractivity (Wildman–Crippen MR) is 113 cm³/mol. The Kier molecular flexibility index (Phi) is 6.21. The average Bonchev–Trinajstić information content (AvgIpc) is 3.02. The Hall–Kier alpha value is -3.52. The fourth-order valence-electron chi connectivity index (χ4n) is 3.71. The van der Waals surface area contributed by atoms with E-state index in [4.69, 9.17) is 9.47 Å². The molecule has 1 heterocycles. The second-order valence-corrected chi connectivity index (χ2v) is 7.78. The topological polar surface area (TPSA) is 116 Å². The van der Waals surface area contributed by atoms with E-state index in [1.807, 2.05) is 32.9 Å². The van der Waals surface area contributed by atoms with Crippen LogP contribution in [0.2, 0.25) is 0 Å². The highest BCUT2D eigenvalue weighted by atomic mass is 16.6. The number of cyclic esters (lactones) is 1. The molecular formula is C23H23NO7. The van der Waals surface area contributed by atoms with Gasteiger partial charge in [0.05, 0.1) is 17.1 Å². The van der Waals surface area contributed by atoms with E-state index in [0.717, 1.165) is 16.7 Å². The Morgan fingerprint density at radius 3 is 2.39 bits per heavy atom. The molecule has 0 radical (unpaired) electrons. The molecule has 31 heavy (non-hydrogen) atoms. The molecule has 1 fully saturated rings. The van der Waals surface area contributed by atoms with Gasteiger partial charge in [0.1, 0.15) is 6.61 Å². The molecule has 1 aliphatic rings. The summed E-state index contributed by atoms with van der Waals surface area (Å²) in [6, 6.07) is 9.46. The van der Waals surface area contributed by atoms with Gasteiger partial charge in [0.15, 0.2) is 5.60 Å². The molecule has 1 atom stereocenters. The van der Waals surface area contributed by atoms with Crippen LogP contribution in [0.4, 0.5) is 5.69 Å². The summed E-state index contributed by atoms with van der Waals surface area (Å²) in [5, 5.41) is 20.6. The third-order valence-corrected chi connectivity index (χ3v) is 5.16. The molecule has 3 rings (SSSR count). The number of esters is 2. The van der Waals surface area contributed by atoms with Crippen molar-refractivity contribution in [3.05, 3.63) is 79.9 Å². The van der Waals surface area contributed by atoms with E-state index in [-0.39, 0.29) is 24.3 Å². The van der Waals surface area contributed by atoms with E-state index in [2.05, 4.69) is 0 Å². The maximum atomic E-state index is 12.6. The van der Waals surface area contributed by atoms with Gasteiger partial charge in [-0.15, -0.1) is 0 Å². The Balaban J connectivity index is 1.75. The van der Waals surface area contributed by atoms with Crippen molar-refractivity contribution >= 4 is 23.7 Å². The summed E-state index contributed by atoms with van der Waals surface area (Å²) in [6.07, 6.45) is 1.58. The average molecular weight is 425 g/mol. The van der Waals surface area contributed by atoms with Crippen molar-refractivity contribution in [3.63, 3.8) is 0 Å². The number of carbonyl (C=O) groups is 2. The fourth-order valence-corrected chi connectivity index (χ4v) is 3.71. The minimum atomic E-state index is -1.37. The van der Waals surface area contributed by atoms with Gasteiger partial charge in [0.2, 0.25) is 0 Å². The van der Waals surface area contributed by atoms with E-state index in [1.54, 1.807) is 6.08 Å². The number of ether oxygens (including phenoxy) is 2. The zero-order chi connectivity index (χ0) is 22.8. The van der Waals surface area contributed by atoms with Crippen LogP contribution in [0.1, 0.15) is 39.0 Å². The third kappa shape index (κ3) is 4.80. The number of aliphatic hydroxyl groups excluding tert-OH is 1. The molecule has 1 unspecified atom stereocenters. The van der Waals surface area contributed by atoms with E-state index in [1.165, 1.54) is 24.3 Å². The number of aliphatic hydroxyl groups is 1. The van der Waals surface area contributed by atoms with E-state index in [9.17, 15) is 24.8 Å². The largest absolute Gasteiger partial charge is 0.458 e. The number of non-ortho nitro benzene ring substituents is 1. The summed E-state index contributed by atoms with van der Waals surface area (Å²) >= 11 is 0. The molecule has 1 N–H and O–H groups in total. The van der Waals surface area contributed by atoms with Crippen molar-refractivity contribution in [1.29, 1.82) is 0 Å². The summed E-state index contributed by atoms with van der Waals surface area (Å²) in [4.78, 5) is 35.2. The van der Waals surface area contributed by atoms with E-state index < -0.39 is 29.1 Å². The molecule has 0 bridgehead atoms. The molecule has 0 amide bonds. The molecule has 8 nitrogen and oxygen atoms in total. The number of aryl methyl sites for hydroxylation is 3. The number of hydrogen-bond acceptors (Lipinski definition) is 7. The summed E-state index contributed by atoms with van der Waals surface area (Å²) in [5.74, 6) is -1.18. The standard InChI is InChI=1S/C23H23NO7/c1-14-8-15(2)20(16(3)9-14)22(27)30-13-23(12-25)11-18(21(26)31-23)10-17-4-6-19(7-5-17)24(28)29/h4-10,25H,11-13H2,1-3H3/b18-10+. The Morgan fingerprint density at radius 1 is 1.23 bits per heavy atom.